The van der Waals surface area contributed by atoms with Gasteiger partial charge < -0.3 is 13.6 Å². The molecular formula is C32H24N2O4. The van der Waals surface area contributed by atoms with Crippen molar-refractivity contribution < 1.29 is 18.4 Å². The molecule has 2 aromatic heterocycles. The SMILES string of the molecule is COC(=O)c1cccc(-c2ccc(C=Nc3oc(-c4ccc(C)cc4)c(-c4ccc(C)cc4)c3C#N)o2)c1. The molecule has 0 fully saturated rings. The molecule has 5 aromatic rings. The second-order valence-electron chi connectivity index (χ2n) is 8.86. The fourth-order valence-electron chi connectivity index (χ4n) is 4.13. The third-order valence-electron chi connectivity index (χ3n) is 6.16. The molecule has 0 aliphatic carbocycles. The van der Waals surface area contributed by atoms with Crippen LogP contribution in [-0.2, 0) is 4.74 Å². The molecule has 38 heavy (non-hydrogen) atoms. The van der Waals surface area contributed by atoms with Crippen LogP contribution in [0.3, 0.4) is 0 Å². The van der Waals surface area contributed by atoms with Crippen LogP contribution in [0.4, 0.5) is 5.88 Å². The lowest BCUT2D eigenvalue weighted by Gasteiger charge is -2.05. The third-order valence-corrected chi connectivity index (χ3v) is 6.16. The van der Waals surface area contributed by atoms with E-state index in [0.29, 0.717) is 34.0 Å². The summed E-state index contributed by atoms with van der Waals surface area (Å²) in [4.78, 5) is 16.4. The molecule has 0 saturated heterocycles. The Morgan fingerprint density at radius 1 is 0.868 bits per heavy atom. The molecule has 6 heteroatoms. The first-order valence-electron chi connectivity index (χ1n) is 12.0. The summed E-state index contributed by atoms with van der Waals surface area (Å²) in [5.41, 5.74) is 6.18. The van der Waals surface area contributed by atoms with Crippen molar-refractivity contribution in [1.82, 2.24) is 0 Å². The van der Waals surface area contributed by atoms with E-state index in [1.165, 1.54) is 13.3 Å². The number of hydrogen-bond donors (Lipinski definition) is 0. The zero-order valence-electron chi connectivity index (χ0n) is 21.2. The molecule has 0 atom stereocenters. The lowest BCUT2D eigenvalue weighted by atomic mass is 9.97. The van der Waals surface area contributed by atoms with Crippen LogP contribution in [0.25, 0.3) is 33.8 Å². The van der Waals surface area contributed by atoms with E-state index >= 15 is 0 Å². The molecule has 5 rings (SSSR count). The van der Waals surface area contributed by atoms with Gasteiger partial charge in [0.2, 0.25) is 5.88 Å². The van der Waals surface area contributed by atoms with Gasteiger partial charge in [-0.3, -0.25) is 0 Å². The van der Waals surface area contributed by atoms with Crippen LogP contribution in [0.5, 0.6) is 0 Å². The zero-order chi connectivity index (χ0) is 26.6. The van der Waals surface area contributed by atoms with Crippen molar-refractivity contribution in [1.29, 1.82) is 5.26 Å². The van der Waals surface area contributed by atoms with Gasteiger partial charge in [0.15, 0.2) is 0 Å². The normalized spacial score (nSPS) is 11.0. The molecule has 0 aliphatic heterocycles. The number of aliphatic imine (C=N–C) groups is 1. The van der Waals surface area contributed by atoms with Crippen LogP contribution in [0.2, 0.25) is 0 Å². The largest absolute Gasteiger partial charge is 0.465 e. The summed E-state index contributed by atoms with van der Waals surface area (Å²) in [5, 5.41) is 10.1. The van der Waals surface area contributed by atoms with E-state index in [2.05, 4.69) is 11.1 Å². The Bertz CT molecular complexity index is 1680. The Morgan fingerprint density at radius 2 is 1.55 bits per heavy atom. The number of furan rings is 2. The average molecular weight is 501 g/mol. The number of hydrogen-bond acceptors (Lipinski definition) is 6. The van der Waals surface area contributed by atoms with Gasteiger partial charge in [0.25, 0.3) is 0 Å². The van der Waals surface area contributed by atoms with Gasteiger partial charge in [0.1, 0.15) is 28.9 Å². The van der Waals surface area contributed by atoms with Crippen LogP contribution in [0, 0.1) is 25.2 Å². The van der Waals surface area contributed by atoms with Gasteiger partial charge >= 0.3 is 5.97 Å². The second-order valence-corrected chi connectivity index (χ2v) is 8.86. The second kappa shape index (κ2) is 10.5. The van der Waals surface area contributed by atoms with Gasteiger partial charge in [-0.05, 0) is 43.7 Å². The molecule has 0 aliphatic rings. The monoisotopic (exact) mass is 500 g/mol. The summed E-state index contributed by atoms with van der Waals surface area (Å²) in [6.07, 6.45) is 1.52. The number of methoxy groups -OCH3 is 1. The van der Waals surface area contributed by atoms with Crippen molar-refractivity contribution in [3.8, 4) is 39.8 Å². The summed E-state index contributed by atoms with van der Waals surface area (Å²) in [5.74, 6) is 1.40. The van der Waals surface area contributed by atoms with Crippen LogP contribution in [-0.4, -0.2) is 19.3 Å². The van der Waals surface area contributed by atoms with Gasteiger partial charge in [-0.25, -0.2) is 9.79 Å². The van der Waals surface area contributed by atoms with E-state index in [-0.39, 0.29) is 5.88 Å². The number of nitriles is 1. The van der Waals surface area contributed by atoms with Crippen molar-refractivity contribution in [2.24, 2.45) is 4.99 Å². The van der Waals surface area contributed by atoms with E-state index in [0.717, 1.165) is 27.8 Å². The maximum atomic E-state index is 11.9. The fourth-order valence-corrected chi connectivity index (χ4v) is 4.13. The smallest absolute Gasteiger partial charge is 0.337 e. The van der Waals surface area contributed by atoms with Crippen LogP contribution < -0.4 is 0 Å². The molecule has 0 N–H and O–H groups in total. The molecule has 3 aromatic carbocycles. The highest BCUT2D eigenvalue weighted by atomic mass is 16.5. The van der Waals surface area contributed by atoms with Gasteiger partial charge in [-0.1, -0.05) is 71.8 Å². The Kier molecular flexibility index (Phi) is 6.75. The number of aryl methyl sites for hydroxylation is 2. The van der Waals surface area contributed by atoms with Crippen LogP contribution in [0.15, 0.2) is 98.8 Å². The quantitative estimate of drug-likeness (QED) is 0.175. The van der Waals surface area contributed by atoms with Crippen molar-refractivity contribution in [2.45, 2.75) is 13.8 Å². The summed E-state index contributed by atoms with van der Waals surface area (Å²) in [6.45, 7) is 4.04. The predicted molar refractivity (Wildman–Crippen MR) is 147 cm³/mol. The molecule has 2 heterocycles. The minimum absolute atomic E-state index is 0.198. The number of ether oxygens (including phenoxy) is 1. The summed E-state index contributed by atoms with van der Waals surface area (Å²) in [6, 6.07) is 28.8. The molecule has 0 amide bonds. The molecule has 186 valence electrons. The highest BCUT2D eigenvalue weighted by molar-refractivity contribution is 5.91. The first-order valence-corrected chi connectivity index (χ1v) is 12.0. The number of benzene rings is 3. The van der Waals surface area contributed by atoms with Crippen molar-refractivity contribution in [2.75, 3.05) is 7.11 Å². The highest BCUT2D eigenvalue weighted by Crippen LogP contribution is 2.42. The zero-order valence-corrected chi connectivity index (χ0v) is 21.2. The molecule has 0 spiro atoms. The molecule has 0 radical (unpaired) electrons. The third kappa shape index (κ3) is 4.91. The van der Waals surface area contributed by atoms with E-state index in [4.69, 9.17) is 13.6 Å². The van der Waals surface area contributed by atoms with Gasteiger partial charge in [-0.2, -0.15) is 5.26 Å². The number of rotatable bonds is 6. The number of esters is 1. The van der Waals surface area contributed by atoms with Gasteiger partial charge in [0, 0.05) is 16.7 Å². The lowest BCUT2D eigenvalue weighted by molar-refractivity contribution is 0.0601. The summed E-state index contributed by atoms with van der Waals surface area (Å²) < 4.78 is 16.9. The fraction of sp³-hybridized carbons (Fsp3) is 0.0938. The number of carbonyl (C=O) groups is 1. The molecular weight excluding hydrogens is 476 g/mol. The summed E-state index contributed by atoms with van der Waals surface area (Å²) >= 11 is 0. The highest BCUT2D eigenvalue weighted by Gasteiger charge is 2.23. The topological polar surface area (TPSA) is 88.7 Å². The van der Waals surface area contributed by atoms with E-state index in [1.54, 1.807) is 30.3 Å². The maximum Gasteiger partial charge on any atom is 0.337 e. The van der Waals surface area contributed by atoms with Crippen LogP contribution >= 0.6 is 0 Å². The average Bonchev–Trinajstić information content (AvgIpc) is 3.57. The predicted octanol–water partition coefficient (Wildman–Crippen LogP) is 7.90. The van der Waals surface area contributed by atoms with Crippen LogP contribution in [0.1, 0.15) is 32.8 Å². The molecule has 0 unspecified atom stereocenters. The number of nitrogens with zero attached hydrogens (tertiary/aromatic N) is 2. The van der Waals surface area contributed by atoms with Crippen molar-refractivity contribution in [3.05, 3.63) is 113 Å². The van der Waals surface area contributed by atoms with E-state index < -0.39 is 5.97 Å². The van der Waals surface area contributed by atoms with E-state index in [1.807, 2.05) is 68.4 Å². The molecule has 6 nitrogen and oxygen atoms in total. The Labute approximate surface area is 220 Å². The first kappa shape index (κ1) is 24.5. The standard InChI is InChI=1S/C32H24N2O4/c1-20-7-11-22(12-8-20)29-27(18-33)31(38-30(29)23-13-9-21(2)10-14-23)34-19-26-15-16-28(37-26)24-5-4-6-25(17-24)32(35)36-3/h4-17,19H,1-3H3. The minimum Gasteiger partial charge on any atom is -0.465 e. The molecule has 0 bridgehead atoms. The Balaban J connectivity index is 1.53. The van der Waals surface area contributed by atoms with Crippen molar-refractivity contribution in [3.63, 3.8) is 0 Å². The lowest BCUT2D eigenvalue weighted by Crippen LogP contribution is -2.00. The van der Waals surface area contributed by atoms with Gasteiger partial charge in [-0.15, -0.1) is 0 Å². The van der Waals surface area contributed by atoms with Crippen molar-refractivity contribution >= 4 is 18.1 Å². The number of carbonyl (C=O) groups excluding carboxylic acids is 1. The Hall–Kier alpha value is -5.15. The first-order chi connectivity index (χ1) is 18.5. The van der Waals surface area contributed by atoms with E-state index in [9.17, 15) is 10.1 Å². The molecule has 0 saturated carbocycles. The summed E-state index contributed by atoms with van der Waals surface area (Å²) in [7, 11) is 1.34. The maximum absolute atomic E-state index is 11.9. The minimum atomic E-state index is -0.421. The Morgan fingerprint density at radius 3 is 2.21 bits per heavy atom. The van der Waals surface area contributed by atoms with Gasteiger partial charge in [0.05, 0.1) is 18.9 Å².